The first-order valence-corrected chi connectivity index (χ1v) is 11.1. The third kappa shape index (κ3) is 6.04. The molecule has 0 bridgehead atoms. The number of morpholine rings is 1. The fourth-order valence-corrected chi connectivity index (χ4v) is 3.96. The summed E-state index contributed by atoms with van der Waals surface area (Å²) in [6, 6.07) is 19.3. The largest absolute Gasteiger partial charge is 0.492 e. The zero-order valence-electron chi connectivity index (χ0n) is 18.5. The van der Waals surface area contributed by atoms with Crippen LogP contribution in [0.1, 0.15) is 16.7 Å². The van der Waals surface area contributed by atoms with Gasteiger partial charge < -0.3 is 9.47 Å². The Morgan fingerprint density at radius 1 is 0.794 bits per heavy atom. The molecular weight excluding hydrogens is 446 g/mol. The minimum Gasteiger partial charge on any atom is -0.492 e. The number of alkyl halides is 3. The number of nitrogens with zero attached hydrogens (tertiary/aromatic N) is 1. The van der Waals surface area contributed by atoms with E-state index in [0.717, 1.165) is 31.8 Å². The van der Waals surface area contributed by atoms with Crippen LogP contribution in [0.25, 0.3) is 11.1 Å². The number of rotatable bonds is 7. The summed E-state index contributed by atoms with van der Waals surface area (Å²) in [4.78, 5) is 2.24. The van der Waals surface area contributed by atoms with Gasteiger partial charge in [-0.25, -0.2) is 4.39 Å². The van der Waals surface area contributed by atoms with Gasteiger partial charge in [-0.2, -0.15) is 13.2 Å². The van der Waals surface area contributed by atoms with Gasteiger partial charge in [-0.1, -0.05) is 54.6 Å². The summed E-state index contributed by atoms with van der Waals surface area (Å²) in [5.74, 6) is 0.0594. The molecule has 0 spiro atoms. The van der Waals surface area contributed by atoms with Crippen molar-refractivity contribution in [3.05, 3.63) is 101 Å². The summed E-state index contributed by atoms with van der Waals surface area (Å²) in [6.45, 7) is 4.34. The first-order valence-electron chi connectivity index (χ1n) is 11.1. The van der Waals surface area contributed by atoms with E-state index in [9.17, 15) is 17.6 Å². The van der Waals surface area contributed by atoms with Crippen LogP contribution >= 0.6 is 0 Å². The van der Waals surface area contributed by atoms with Crippen LogP contribution in [0.15, 0.2) is 78.9 Å². The van der Waals surface area contributed by atoms with Gasteiger partial charge in [0, 0.05) is 25.2 Å². The van der Waals surface area contributed by atoms with Crippen molar-refractivity contribution in [3.63, 3.8) is 0 Å². The van der Waals surface area contributed by atoms with Gasteiger partial charge in [0.05, 0.1) is 18.8 Å². The lowest BCUT2D eigenvalue weighted by Crippen LogP contribution is -2.38. The molecule has 1 saturated heterocycles. The molecule has 0 aliphatic carbocycles. The van der Waals surface area contributed by atoms with Crippen LogP contribution in [0.3, 0.4) is 0 Å². The van der Waals surface area contributed by atoms with Crippen molar-refractivity contribution < 1.29 is 27.0 Å². The van der Waals surface area contributed by atoms with Crippen molar-refractivity contribution in [3.8, 4) is 5.75 Å². The number of halogens is 4. The highest BCUT2D eigenvalue weighted by Gasteiger charge is 2.38. The first kappa shape index (κ1) is 24.0. The Morgan fingerprint density at radius 2 is 1.38 bits per heavy atom. The molecule has 0 unspecified atom stereocenters. The van der Waals surface area contributed by atoms with Crippen molar-refractivity contribution in [1.82, 2.24) is 4.90 Å². The van der Waals surface area contributed by atoms with Crippen LogP contribution in [0.4, 0.5) is 17.6 Å². The fraction of sp³-hybridized carbons (Fsp3) is 0.259. The molecule has 3 nitrogen and oxygen atoms in total. The second-order valence-corrected chi connectivity index (χ2v) is 7.95. The van der Waals surface area contributed by atoms with Crippen molar-refractivity contribution in [1.29, 1.82) is 0 Å². The van der Waals surface area contributed by atoms with Gasteiger partial charge in [0.15, 0.2) is 0 Å². The van der Waals surface area contributed by atoms with E-state index < -0.39 is 17.6 Å². The van der Waals surface area contributed by atoms with Gasteiger partial charge in [-0.3, -0.25) is 4.90 Å². The van der Waals surface area contributed by atoms with E-state index in [2.05, 4.69) is 4.90 Å². The number of hydrogen-bond acceptors (Lipinski definition) is 3. The number of hydrogen-bond donors (Lipinski definition) is 0. The highest BCUT2D eigenvalue weighted by atomic mass is 19.4. The molecular formula is C27H25F4NO2. The molecule has 3 aromatic carbocycles. The molecule has 0 N–H and O–H groups in total. The molecule has 0 radical (unpaired) electrons. The molecule has 1 aliphatic heterocycles. The summed E-state index contributed by atoms with van der Waals surface area (Å²) in [5, 5.41) is 0. The van der Waals surface area contributed by atoms with Crippen molar-refractivity contribution in [2.24, 2.45) is 0 Å². The van der Waals surface area contributed by atoms with Crippen molar-refractivity contribution >= 4 is 11.1 Å². The van der Waals surface area contributed by atoms with Crippen LogP contribution in [0.2, 0.25) is 0 Å². The van der Waals surface area contributed by atoms with Gasteiger partial charge in [-0.15, -0.1) is 0 Å². The zero-order chi connectivity index (χ0) is 24.0. The predicted octanol–water partition coefficient (Wildman–Crippen LogP) is 6.06. The number of benzene rings is 3. The third-order valence-corrected chi connectivity index (χ3v) is 5.65. The summed E-state index contributed by atoms with van der Waals surface area (Å²) in [6.07, 6.45) is -4.63. The lowest BCUT2D eigenvalue weighted by Gasteiger charge is -2.26. The van der Waals surface area contributed by atoms with E-state index in [1.165, 1.54) is 24.3 Å². The van der Waals surface area contributed by atoms with Crippen LogP contribution in [-0.4, -0.2) is 50.5 Å². The first-order chi connectivity index (χ1) is 16.4. The second-order valence-electron chi connectivity index (χ2n) is 7.95. The van der Waals surface area contributed by atoms with Gasteiger partial charge in [0.1, 0.15) is 18.2 Å². The van der Waals surface area contributed by atoms with Gasteiger partial charge in [0.2, 0.25) is 0 Å². The van der Waals surface area contributed by atoms with E-state index >= 15 is 0 Å². The standard InChI is InChI=1S/C27H25F4NO2/c28-23-10-6-20(7-11-23)25(26(27(29,30)31)22-4-2-1-3-5-22)21-8-12-24(13-9-21)34-19-16-32-14-17-33-18-15-32/h1-13H,14-19H2. The van der Waals surface area contributed by atoms with Crippen LogP contribution in [0.5, 0.6) is 5.75 Å². The average molecular weight is 471 g/mol. The Bertz CT molecular complexity index is 1090. The quantitative estimate of drug-likeness (QED) is 0.309. The Labute approximate surface area is 196 Å². The highest BCUT2D eigenvalue weighted by molar-refractivity contribution is 6.00. The molecule has 7 heteroatoms. The van der Waals surface area contributed by atoms with E-state index in [1.54, 1.807) is 42.5 Å². The number of ether oxygens (including phenoxy) is 2. The summed E-state index contributed by atoms with van der Waals surface area (Å²) >= 11 is 0. The highest BCUT2D eigenvalue weighted by Crippen LogP contribution is 2.42. The Morgan fingerprint density at radius 3 is 1.97 bits per heavy atom. The summed E-state index contributed by atoms with van der Waals surface area (Å²) < 4.78 is 67.8. The summed E-state index contributed by atoms with van der Waals surface area (Å²) in [7, 11) is 0. The molecule has 4 rings (SSSR count). The molecule has 1 aliphatic rings. The molecule has 178 valence electrons. The molecule has 0 saturated carbocycles. The Hall–Kier alpha value is -3.16. The SMILES string of the molecule is Fc1ccc(C(=C(c2ccccc2)C(F)(F)F)c2ccc(OCCN3CCOCC3)cc2)cc1. The lowest BCUT2D eigenvalue weighted by atomic mass is 9.89. The van der Waals surface area contributed by atoms with Gasteiger partial charge in [-0.05, 0) is 41.0 Å². The molecule has 34 heavy (non-hydrogen) atoms. The molecule has 0 aromatic heterocycles. The molecule has 1 fully saturated rings. The van der Waals surface area contributed by atoms with Gasteiger partial charge in [0.25, 0.3) is 0 Å². The van der Waals surface area contributed by atoms with Crippen molar-refractivity contribution in [2.45, 2.75) is 6.18 Å². The van der Waals surface area contributed by atoms with Crippen LogP contribution in [-0.2, 0) is 4.74 Å². The predicted molar refractivity (Wildman–Crippen MR) is 124 cm³/mol. The topological polar surface area (TPSA) is 21.7 Å². The third-order valence-electron chi connectivity index (χ3n) is 5.65. The molecule has 0 amide bonds. The molecule has 0 atom stereocenters. The van der Waals surface area contributed by atoms with Crippen LogP contribution < -0.4 is 4.74 Å². The van der Waals surface area contributed by atoms with Crippen LogP contribution in [0, 0.1) is 5.82 Å². The monoisotopic (exact) mass is 471 g/mol. The second kappa shape index (κ2) is 10.8. The molecule has 3 aromatic rings. The van der Waals surface area contributed by atoms with E-state index in [1.807, 2.05) is 0 Å². The minimum atomic E-state index is -4.63. The fourth-order valence-electron chi connectivity index (χ4n) is 3.96. The maximum Gasteiger partial charge on any atom is 0.417 e. The molecule has 1 heterocycles. The van der Waals surface area contributed by atoms with E-state index in [-0.39, 0.29) is 16.7 Å². The maximum absolute atomic E-state index is 14.4. The average Bonchev–Trinajstić information content (AvgIpc) is 2.84. The summed E-state index contributed by atoms with van der Waals surface area (Å²) in [5.41, 5.74) is -0.110. The zero-order valence-corrected chi connectivity index (χ0v) is 18.5. The lowest BCUT2D eigenvalue weighted by molar-refractivity contribution is -0.0685. The van der Waals surface area contributed by atoms with Gasteiger partial charge >= 0.3 is 6.18 Å². The van der Waals surface area contributed by atoms with Crippen molar-refractivity contribution in [2.75, 3.05) is 39.5 Å². The minimum absolute atomic E-state index is 0.0152. The normalized spacial score (nSPS) is 15.6. The van der Waals surface area contributed by atoms with E-state index in [0.29, 0.717) is 31.1 Å². The Kier molecular flexibility index (Phi) is 7.65. The smallest absolute Gasteiger partial charge is 0.417 e. The Balaban J connectivity index is 1.66. The maximum atomic E-state index is 14.4. The van der Waals surface area contributed by atoms with E-state index in [4.69, 9.17) is 9.47 Å². The number of allylic oxidation sites excluding steroid dienone is 1.